The third kappa shape index (κ3) is 2.66. The molecule has 0 radical (unpaired) electrons. The number of rotatable bonds is 3. The second-order valence-corrected chi connectivity index (χ2v) is 5.26. The molecule has 21 heavy (non-hydrogen) atoms. The zero-order chi connectivity index (χ0) is 14.7. The maximum Gasteiger partial charge on any atom is 0.126 e. The molecule has 1 aliphatic carbocycles. The molecule has 1 aliphatic rings. The average molecular weight is 280 g/mol. The molecule has 0 aromatic heterocycles. The molecule has 0 fully saturated rings. The number of benzene rings is 2. The summed E-state index contributed by atoms with van der Waals surface area (Å²) in [5, 5.41) is 0. The van der Waals surface area contributed by atoms with E-state index >= 15 is 0 Å². The highest BCUT2D eigenvalue weighted by molar-refractivity contribution is 5.87. The minimum atomic E-state index is 0.938. The van der Waals surface area contributed by atoms with E-state index in [1.807, 2.05) is 18.2 Å². The zero-order valence-electron chi connectivity index (χ0n) is 12.6. The molecular formula is C19H20O2. The molecule has 0 unspecified atom stereocenters. The van der Waals surface area contributed by atoms with Crippen molar-refractivity contribution in [2.24, 2.45) is 0 Å². The Labute approximate surface area is 126 Å². The summed E-state index contributed by atoms with van der Waals surface area (Å²) in [5.74, 6) is 1.90. The van der Waals surface area contributed by atoms with Crippen LogP contribution in [0.5, 0.6) is 11.5 Å². The molecule has 0 aliphatic heterocycles. The smallest absolute Gasteiger partial charge is 0.126 e. The van der Waals surface area contributed by atoms with Crippen molar-refractivity contribution in [3.63, 3.8) is 0 Å². The van der Waals surface area contributed by atoms with Crippen LogP contribution in [0.4, 0.5) is 0 Å². The average Bonchev–Trinajstić information content (AvgIpc) is 2.55. The van der Waals surface area contributed by atoms with Gasteiger partial charge in [0.2, 0.25) is 0 Å². The van der Waals surface area contributed by atoms with Gasteiger partial charge in [-0.1, -0.05) is 36.4 Å². The normalized spacial score (nSPS) is 15.6. The fourth-order valence-corrected chi connectivity index (χ4v) is 3.04. The number of allylic oxidation sites excluding steroid dienone is 1. The van der Waals surface area contributed by atoms with Gasteiger partial charge in [-0.05, 0) is 42.5 Å². The number of ether oxygens (including phenoxy) is 2. The Morgan fingerprint density at radius 3 is 2.29 bits per heavy atom. The first-order valence-electron chi connectivity index (χ1n) is 7.33. The van der Waals surface area contributed by atoms with Crippen LogP contribution in [0.3, 0.4) is 0 Å². The summed E-state index contributed by atoms with van der Waals surface area (Å²) in [5.41, 5.74) is 5.04. The fourth-order valence-electron chi connectivity index (χ4n) is 3.04. The molecule has 0 heterocycles. The first kappa shape index (κ1) is 13.7. The predicted molar refractivity (Wildman–Crippen MR) is 86.8 cm³/mol. The largest absolute Gasteiger partial charge is 0.496 e. The number of hydrogen-bond acceptors (Lipinski definition) is 2. The summed E-state index contributed by atoms with van der Waals surface area (Å²) in [6.07, 6.45) is 5.53. The van der Waals surface area contributed by atoms with Crippen molar-refractivity contribution in [2.45, 2.75) is 19.3 Å². The van der Waals surface area contributed by atoms with E-state index in [-0.39, 0.29) is 0 Å². The third-order valence-electron chi connectivity index (χ3n) is 4.01. The van der Waals surface area contributed by atoms with Crippen LogP contribution >= 0.6 is 0 Å². The third-order valence-corrected chi connectivity index (χ3v) is 4.01. The maximum absolute atomic E-state index is 5.58. The maximum atomic E-state index is 5.58. The van der Waals surface area contributed by atoms with E-state index in [4.69, 9.17) is 9.47 Å². The number of methoxy groups -OCH3 is 2. The zero-order valence-corrected chi connectivity index (χ0v) is 12.6. The van der Waals surface area contributed by atoms with Gasteiger partial charge in [-0.25, -0.2) is 0 Å². The van der Waals surface area contributed by atoms with Gasteiger partial charge >= 0.3 is 0 Å². The summed E-state index contributed by atoms with van der Waals surface area (Å²) < 4.78 is 11.1. The Hall–Kier alpha value is -2.22. The van der Waals surface area contributed by atoms with Crippen molar-refractivity contribution in [2.75, 3.05) is 14.2 Å². The van der Waals surface area contributed by atoms with E-state index in [9.17, 15) is 0 Å². The molecule has 0 amide bonds. The van der Waals surface area contributed by atoms with Crippen LogP contribution in [0.2, 0.25) is 0 Å². The molecule has 0 saturated heterocycles. The minimum absolute atomic E-state index is 0.938. The minimum Gasteiger partial charge on any atom is -0.496 e. The van der Waals surface area contributed by atoms with Gasteiger partial charge < -0.3 is 9.47 Å². The molecule has 0 bridgehead atoms. The highest BCUT2D eigenvalue weighted by Gasteiger charge is 2.22. The highest BCUT2D eigenvalue weighted by Crippen LogP contribution is 2.42. The molecule has 108 valence electrons. The highest BCUT2D eigenvalue weighted by atomic mass is 16.5. The Balaban J connectivity index is 2.14. The molecular weight excluding hydrogens is 260 g/mol. The van der Waals surface area contributed by atoms with Crippen LogP contribution in [-0.4, -0.2) is 14.2 Å². The Morgan fingerprint density at radius 2 is 1.57 bits per heavy atom. The SMILES string of the molecule is COc1ccc(OC)c2c1CCC/C2=C\c1ccccc1. The summed E-state index contributed by atoms with van der Waals surface area (Å²) in [4.78, 5) is 0. The van der Waals surface area contributed by atoms with Crippen LogP contribution in [0.1, 0.15) is 29.5 Å². The van der Waals surface area contributed by atoms with E-state index in [1.54, 1.807) is 14.2 Å². The second-order valence-electron chi connectivity index (χ2n) is 5.26. The molecule has 2 nitrogen and oxygen atoms in total. The van der Waals surface area contributed by atoms with Gasteiger partial charge in [0, 0.05) is 11.1 Å². The lowest BCUT2D eigenvalue weighted by molar-refractivity contribution is 0.396. The molecule has 2 aromatic carbocycles. The molecule has 2 heteroatoms. The molecule has 3 rings (SSSR count). The first-order valence-corrected chi connectivity index (χ1v) is 7.33. The van der Waals surface area contributed by atoms with Gasteiger partial charge in [0.05, 0.1) is 14.2 Å². The Kier molecular flexibility index (Phi) is 3.96. The lowest BCUT2D eigenvalue weighted by atomic mass is 9.85. The van der Waals surface area contributed by atoms with Crippen LogP contribution in [0, 0.1) is 0 Å². The molecule has 0 saturated carbocycles. The van der Waals surface area contributed by atoms with Crippen LogP contribution in [0.25, 0.3) is 11.6 Å². The Morgan fingerprint density at radius 1 is 0.857 bits per heavy atom. The molecule has 0 spiro atoms. The standard InChI is InChI=1S/C19H20O2/c1-20-17-11-12-18(21-2)19-15(9-6-10-16(17)19)13-14-7-4-3-5-8-14/h3-5,7-8,11-13H,6,9-10H2,1-2H3/b15-13+. The van der Waals surface area contributed by atoms with Gasteiger partial charge in [0.1, 0.15) is 11.5 Å². The van der Waals surface area contributed by atoms with Crippen molar-refractivity contribution >= 4 is 11.6 Å². The summed E-state index contributed by atoms with van der Waals surface area (Å²) in [7, 11) is 3.47. The quantitative estimate of drug-likeness (QED) is 0.819. The second kappa shape index (κ2) is 6.04. The van der Waals surface area contributed by atoms with E-state index in [0.29, 0.717) is 0 Å². The molecule has 0 N–H and O–H groups in total. The van der Waals surface area contributed by atoms with Gasteiger partial charge in [-0.15, -0.1) is 0 Å². The van der Waals surface area contributed by atoms with Crippen molar-refractivity contribution in [3.8, 4) is 11.5 Å². The van der Waals surface area contributed by atoms with Crippen molar-refractivity contribution in [1.82, 2.24) is 0 Å². The monoisotopic (exact) mass is 280 g/mol. The molecule has 2 aromatic rings. The molecule has 0 atom stereocenters. The topological polar surface area (TPSA) is 18.5 Å². The summed E-state index contributed by atoms with van der Waals surface area (Å²) >= 11 is 0. The van der Waals surface area contributed by atoms with Crippen molar-refractivity contribution in [3.05, 3.63) is 59.2 Å². The summed E-state index contributed by atoms with van der Waals surface area (Å²) in [6.45, 7) is 0. The van der Waals surface area contributed by atoms with E-state index < -0.39 is 0 Å². The van der Waals surface area contributed by atoms with Crippen molar-refractivity contribution in [1.29, 1.82) is 0 Å². The Bertz CT molecular complexity index is 657. The van der Waals surface area contributed by atoms with Crippen molar-refractivity contribution < 1.29 is 9.47 Å². The van der Waals surface area contributed by atoms with E-state index in [1.165, 1.54) is 22.3 Å². The van der Waals surface area contributed by atoms with Gasteiger partial charge in [-0.2, -0.15) is 0 Å². The van der Waals surface area contributed by atoms with Gasteiger partial charge in [0.15, 0.2) is 0 Å². The number of hydrogen-bond donors (Lipinski definition) is 0. The first-order chi connectivity index (χ1) is 10.3. The fraction of sp³-hybridized carbons (Fsp3) is 0.263. The number of fused-ring (bicyclic) bond motifs is 1. The lowest BCUT2D eigenvalue weighted by Crippen LogP contribution is -2.06. The lowest BCUT2D eigenvalue weighted by Gasteiger charge is -2.24. The van der Waals surface area contributed by atoms with E-state index in [2.05, 4.69) is 30.3 Å². The van der Waals surface area contributed by atoms with E-state index in [0.717, 1.165) is 30.8 Å². The van der Waals surface area contributed by atoms with Gasteiger partial charge in [0.25, 0.3) is 0 Å². The predicted octanol–water partition coefficient (Wildman–Crippen LogP) is 4.58. The van der Waals surface area contributed by atoms with Crippen LogP contribution in [0.15, 0.2) is 42.5 Å². The van der Waals surface area contributed by atoms with Crippen LogP contribution < -0.4 is 9.47 Å². The summed E-state index contributed by atoms with van der Waals surface area (Å²) in [6, 6.07) is 14.4. The van der Waals surface area contributed by atoms with Gasteiger partial charge in [-0.3, -0.25) is 0 Å². The van der Waals surface area contributed by atoms with Crippen LogP contribution in [-0.2, 0) is 6.42 Å².